The SMILES string of the molecule is Cc1cccc(C(=O)NC2CC(n3cnc4c(NC5CCN(C(=O)CC6CCN(c7cccc8c7C(=O)N([C@H]7CCC(=O)NC7=O)C8=O)CC6)CC5)ncnc43)C2)n1. The monoisotopic (exact) mass is 787 g/mol. The Balaban J connectivity index is 0.744. The zero-order chi connectivity index (χ0) is 40.1. The highest BCUT2D eigenvalue weighted by Crippen LogP contribution is 2.37. The summed E-state index contributed by atoms with van der Waals surface area (Å²) in [5, 5.41) is 8.89. The number of benzene rings is 1. The van der Waals surface area contributed by atoms with E-state index in [0.717, 1.165) is 54.8 Å². The van der Waals surface area contributed by atoms with Crippen molar-refractivity contribution in [2.75, 3.05) is 36.4 Å². The van der Waals surface area contributed by atoms with Crippen molar-refractivity contribution in [3.05, 3.63) is 71.6 Å². The topological polar surface area (TPSA) is 205 Å². The van der Waals surface area contributed by atoms with E-state index in [1.54, 1.807) is 30.9 Å². The summed E-state index contributed by atoms with van der Waals surface area (Å²) in [7, 11) is 0. The predicted molar refractivity (Wildman–Crippen MR) is 210 cm³/mol. The lowest BCUT2D eigenvalue weighted by Crippen LogP contribution is -2.54. The van der Waals surface area contributed by atoms with Crippen LogP contribution in [0.2, 0.25) is 0 Å². The number of imide groups is 2. The quantitative estimate of drug-likeness (QED) is 0.210. The van der Waals surface area contributed by atoms with E-state index >= 15 is 0 Å². The number of imidazole rings is 1. The van der Waals surface area contributed by atoms with Crippen molar-refractivity contribution in [2.24, 2.45) is 5.92 Å². The number of hydrogen-bond acceptors (Lipinski definition) is 12. The Kier molecular flexibility index (Phi) is 9.81. The number of carbonyl (C=O) groups is 6. The molecule has 0 bridgehead atoms. The number of carbonyl (C=O) groups excluding carboxylic acids is 6. The van der Waals surface area contributed by atoms with Crippen LogP contribution in [-0.2, 0) is 14.4 Å². The van der Waals surface area contributed by atoms with Gasteiger partial charge in [-0.2, -0.15) is 0 Å². The van der Waals surface area contributed by atoms with Crippen LogP contribution >= 0.6 is 0 Å². The van der Waals surface area contributed by atoms with E-state index in [1.807, 2.05) is 30.0 Å². The number of aryl methyl sites for hydroxylation is 1. The van der Waals surface area contributed by atoms with Gasteiger partial charge in [0.25, 0.3) is 17.7 Å². The number of likely N-dealkylation sites (tertiary alicyclic amines) is 1. The molecule has 7 heterocycles. The van der Waals surface area contributed by atoms with Crippen molar-refractivity contribution in [1.29, 1.82) is 0 Å². The van der Waals surface area contributed by atoms with E-state index in [-0.39, 0.29) is 54.3 Å². The highest BCUT2D eigenvalue weighted by atomic mass is 16.2. The van der Waals surface area contributed by atoms with Crippen LogP contribution in [0, 0.1) is 12.8 Å². The van der Waals surface area contributed by atoms with Crippen molar-refractivity contribution in [3.8, 4) is 0 Å². The number of fused-ring (bicyclic) bond motifs is 2. The number of piperidine rings is 3. The van der Waals surface area contributed by atoms with Gasteiger partial charge in [0, 0.05) is 62.8 Å². The van der Waals surface area contributed by atoms with E-state index in [4.69, 9.17) is 0 Å². The first-order valence-corrected chi connectivity index (χ1v) is 20.2. The van der Waals surface area contributed by atoms with Gasteiger partial charge in [-0.05, 0) is 82.1 Å². The predicted octanol–water partition coefficient (Wildman–Crippen LogP) is 2.77. The lowest BCUT2D eigenvalue weighted by atomic mass is 9.86. The molecule has 0 spiro atoms. The van der Waals surface area contributed by atoms with Crippen LogP contribution in [0.25, 0.3) is 11.2 Å². The van der Waals surface area contributed by atoms with E-state index in [0.29, 0.717) is 60.9 Å². The van der Waals surface area contributed by atoms with Gasteiger partial charge < -0.3 is 25.0 Å². The van der Waals surface area contributed by atoms with Crippen molar-refractivity contribution in [2.45, 2.75) is 88.9 Å². The van der Waals surface area contributed by atoms with Gasteiger partial charge in [-0.1, -0.05) is 12.1 Å². The summed E-state index contributed by atoms with van der Waals surface area (Å²) in [6.45, 7) is 4.41. The maximum absolute atomic E-state index is 13.6. The molecule has 1 aromatic carbocycles. The number of pyridine rings is 1. The first kappa shape index (κ1) is 37.3. The summed E-state index contributed by atoms with van der Waals surface area (Å²) in [4.78, 5) is 100. The molecule has 3 saturated heterocycles. The van der Waals surface area contributed by atoms with Crippen LogP contribution in [-0.4, -0.2) is 114 Å². The van der Waals surface area contributed by atoms with Gasteiger partial charge in [-0.15, -0.1) is 0 Å². The molecule has 0 radical (unpaired) electrons. The Hall–Kier alpha value is -6.26. The molecule has 17 heteroatoms. The zero-order valence-corrected chi connectivity index (χ0v) is 32.2. The van der Waals surface area contributed by atoms with Gasteiger partial charge in [0.2, 0.25) is 17.7 Å². The van der Waals surface area contributed by atoms with Gasteiger partial charge in [0.15, 0.2) is 11.5 Å². The molecule has 17 nitrogen and oxygen atoms in total. The second-order valence-electron chi connectivity index (χ2n) is 16.1. The number of rotatable bonds is 9. The first-order chi connectivity index (χ1) is 28.1. The van der Waals surface area contributed by atoms with Crippen LogP contribution < -0.4 is 20.9 Å². The summed E-state index contributed by atoms with van der Waals surface area (Å²) in [6, 6.07) is 9.94. The number of aromatic nitrogens is 5. The van der Waals surface area contributed by atoms with E-state index in [1.165, 1.54) is 0 Å². The van der Waals surface area contributed by atoms with Crippen molar-refractivity contribution in [1.82, 2.24) is 44.9 Å². The third-order valence-electron chi connectivity index (χ3n) is 12.4. The fourth-order valence-corrected chi connectivity index (χ4v) is 9.07. The lowest BCUT2D eigenvalue weighted by Gasteiger charge is -2.37. The third-order valence-corrected chi connectivity index (χ3v) is 12.4. The highest BCUT2D eigenvalue weighted by molar-refractivity contribution is 6.25. The molecule has 1 atom stereocenters. The van der Waals surface area contributed by atoms with E-state index < -0.39 is 29.7 Å². The number of nitrogens with one attached hydrogen (secondary N) is 3. The molecule has 5 aliphatic rings. The fourth-order valence-electron chi connectivity index (χ4n) is 9.07. The number of nitrogens with zero attached hydrogens (tertiary/aromatic N) is 8. The summed E-state index contributed by atoms with van der Waals surface area (Å²) >= 11 is 0. The molecule has 58 heavy (non-hydrogen) atoms. The number of hydrogen-bond donors (Lipinski definition) is 3. The molecule has 0 unspecified atom stereocenters. The highest BCUT2D eigenvalue weighted by Gasteiger charge is 2.46. The molecule has 3 N–H and O–H groups in total. The Morgan fingerprint density at radius 2 is 1.64 bits per heavy atom. The molecular formula is C41H45N11O6. The average Bonchev–Trinajstić information content (AvgIpc) is 3.75. The summed E-state index contributed by atoms with van der Waals surface area (Å²) in [5.41, 5.74) is 3.89. The maximum Gasteiger partial charge on any atom is 0.270 e. The first-order valence-electron chi connectivity index (χ1n) is 20.2. The molecule has 3 aromatic heterocycles. The van der Waals surface area contributed by atoms with Crippen LogP contribution in [0.3, 0.4) is 0 Å². The smallest absolute Gasteiger partial charge is 0.270 e. The largest absolute Gasteiger partial charge is 0.371 e. The fraction of sp³-hybridized carbons (Fsp3) is 0.463. The average molecular weight is 788 g/mol. The Labute approximate surface area is 334 Å². The van der Waals surface area contributed by atoms with E-state index in [2.05, 4.69) is 45.4 Å². The van der Waals surface area contributed by atoms with Crippen LogP contribution in [0.4, 0.5) is 11.5 Å². The number of amides is 6. The minimum atomic E-state index is -1.01. The molecular weight excluding hydrogens is 743 g/mol. The standard InChI is InChI=1S/C41H45N11O6/c1-23-4-2-6-29(45-23)38(55)47-26-19-27(20-26)51-22-44-35-36(42-21-43-37(35)51)46-25-12-16-50(17-13-25)33(54)18-24-10-14-49(15-11-24)30-7-3-5-28-34(30)41(58)52(40(28)57)31-8-9-32(53)48-39(31)56/h2-7,21-22,24-27,31H,8-20H2,1H3,(H,47,55)(H,42,43,46)(H,48,53,56)/t26?,27?,31-/m0/s1. The van der Waals surface area contributed by atoms with Crippen LogP contribution in [0.1, 0.15) is 101 Å². The Morgan fingerprint density at radius 3 is 2.40 bits per heavy atom. The molecule has 1 aliphatic carbocycles. The van der Waals surface area contributed by atoms with Gasteiger partial charge in [-0.25, -0.2) is 19.9 Å². The molecule has 300 valence electrons. The van der Waals surface area contributed by atoms with Crippen molar-refractivity contribution >= 4 is 58.1 Å². The molecule has 4 fully saturated rings. The van der Waals surface area contributed by atoms with Gasteiger partial charge in [0.1, 0.15) is 23.6 Å². The summed E-state index contributed by atoms with van der Waals surface area (Å²) in [6.07, 6.45) is 8.61. The lowest BCUT2D eigenvalue weighted by molar-refractivity contribution is -0.136. The second kappa shape index (κ2) is 15.2. The maximum atomic E-state index is 13.6. The second-order valence-corrected chi connectivity index (χ2v) is 16.1. The number of anilines is 2. The van der Waals surface area contributed by atoms with Gasteiger partial charge in [0.05, 0.1) is 23.1 Å². The normalized spacial score (nSPS) is 22.8. The molecule has 1 saturated carbocycles. The molecule has 6 amide bonds. The minimum absolute atomic E-state index is 0.0502. The molecule has 4 aromatic rings. The molecule has 4 aliphatic heterocycles. The van der Waals surface area contributed by atoms with Gasteiger partial charge in [-0.3, -0.25) is 39.0 Å². The van der Waals surface area contributed by atoms with Crippen molar-refractivity contribution < 1.29 is 28.8 Å². The zero-order valence-electron chi connectivity index (χ0n) is 32.2. The summed E-state index contributed by atoms with van der Waals surface area (Å²) < 4.78 is 2.06. The van der Waals surface area contributed by atoms with Crippen LogP contribution in [0.15, 0.2) is 49.1 Å². The van der Waals surface area contributed by atoms with Gasteiger partial charge >= 0.3 is 0 Å². The Bertz CT molecular complexity index is 2320. The minimum Gasteiger partial charge on any atom is -0.371 e. The Morgan fingerprint density at radius 1 is 0.862 bits per heavy atom. The van der Waals surface area contributed by atoms with E-state index in [9.17, 15) is 28.8 Å². The van der Waals surface area contributed by atoms with Crippen molar-refractivity contribution in [3.63, 3.8) is 0 Å². The summed E-state index contributed by atoms with van der Waals surface area (Å²) in [5.74, 6) is -1.22. The molecule has 9 rings (SSSR count). The van der Waals surface area contributed by atoms with Crippen LogP contribution in [0.5, 0.6) is 0 Å². The third kappa shape index (κ3) is 7.02.